The largest absolute Gasteiger partial charge is 0.476 e. The summed E-state index contributed by atoms with van der Waals surface area (Å²) in [5.41, 5.74) is 6.26. The summed E-state index contributed by atoms with van der Waals surface area (Å²) >= 11 is 0. The van der Waals surface area contributed by atoms with Gasteiger partial charge in [-0.15, -0.1) is 0 Å². The Morgan fingerprint density at radius 1 is 1.47 bits per heavy atom. The topological polar surface area (TPSA) is 80.4 Å². The average Bonchev–Trinajstić information content (AvgIpc) is 2.22. The zero-order chi connectivity index (χ0) is 12.8. The molecule has 0 aliphatic carbocycles. The van der Waals surface area contributed by atoms with E-state index in [2.05, 4.69) is 10.3 Å². The Balaban J connectivity index is 2.68. The molecule has 0 aliphatic heterocycles. The third-order valence-corrected chi connectivity index (χ3v) is 2.26. The van der Waals surface area contributed by atoms with Crippen LogP contribution in [0.2, 0.25) is 0 Å². The highest BCUT2D eigenvalue weighted by Gasteiger charge is 2.08. The molecule has 2 atom stereocenters. The molecule has 0 amide bonds. The highest BCUT2D eigenvalue weighted by Crippen LogP contribution is 2.21. The smallest absolute Gasteiger partial charge is 0.239 e. The molecule has 0 aliphatic rings. The molecule has 5 heteroatoms. The Morgan fingerprint density at radius 3 is 2.76 bits per heavy atom. The number of aliphatic hydroxyl groups is 1. The van der Waals surface area contributed by atoms with Gasteiger partial charge in [0.25, 0.3) is 0 Å². The third-order valence-electron chi connectivity index (χ3n) is 2.26. The normalized spacial score (nSPS) is 14.1. The molecule has 5 nitrogen and oxygen atoms in total. The molecule has 1 aromatic rings. The van der Waals surface area contributed by atoms with Crippen LogP contribution < -0.4 is 15.8 Å². The fourth-order valence-corrected chi connectivity index (χ4v) is 1.61. The lowest BCUT2D eigenvalue weighted by atomic mass is 10.1. The van der Waals surface area contributed by atoms with Crippen LogP contribution in [0.25, 0.3) is 0 Å². The number of hydrogen-bond donors (Lipinski definition) is 3. The highest BCUT2D eigenvalue weighted by atomic mass is 16.5. The van der Waals surface area contributed by atoms with Crippen LogP contribution in [-0.4, -0.2) is 28.8 Å². The number of rotatable bonds is 6. The summed E-state index contributed by atoms with van der Waals surface area (Å²) in [6.07, 6.45) is 0.327. The van der Waals surface area contributed by atoms with Gasteiger partial charge in [0.15, 0.2) is 0 Å². The summed E-state index contributed by atoms with van der Waals surface area (Å²) in [4.78, 5) is 4.27. The van der Waals surface area contributed by atoms with Crippen molar-refractivity contribution in [2.75, 3.05) is 17.7 Å². The van der Waals surface area contributed by atoms with Crippen molar-refractivity contribution in [1.82, 2.24) is 4.98 Å². The molecule has 1 rings (SSSR count). The number of ether oxygens (including phenoxy) is 1. The van der Waals surface area contributed by atoms with Gasteiger partial charge in [-0.3, -0.25) is 0 Å². The molecule has 0 spiro atoms. The molecule has 0 aromatic carbocycles. The quantitative estimate of drug-likeness (QED) is 0.703. The van der Waals surface area contributed by atoms with E-state index in [-0.39, 0.29) is 12.1 Å². The zero-order valence-electron chi connectivity index (χ0n) is 10.6. The Hall–Kier alpha value is -1.49. The highest BCUT2D eigenvalue weighted by molar-refractivity contribution is 5.53. The second kappa shape index (κ2) is 6.30. The number of nitrogens with zero attached hydrogens (tertiary/aromatic N) is 1. The number of nitrogen functional groups attached to an aromatic ring is 1. The number of anilines is 2. The van der Waals surface area contributed by atoms with Crippen LogP contribution in [0, 0.1) is 0 Å². The first-order valence-electron chi connectivity index (χ1n) is 5.86. The van der Waals surface area contributed by atoms with Crippen molar-refractivity contribution in [2.45, 2.75) is 39.3 Å². The first-order valence-corrected chi connectivity index (χ1v) is 5.86. The van der Waals surface area contributed by atoms with Crippen molar-refractivity contribution in [2.24, 2.45) is 0 Å². The van der Waals surface area contributed by atoms with E-state index in [1.165, 1.54) is 0 Å². The predicted molar refractivity (Wildman–Crippen MR) is 69.2 cm³/mol. The summed E-state index contributed by atoms with van der Waals surface area (Å²) in [6.45, 7) is 6.17. The summed E-state index contributed by atoms with van der Waals surface area (Å²) in [7, 11) is 0. The van der Waals surface area contributed by atoms with Crippen LogP contribution in [0.4, 0.5) is 11.5 Å². The van der Waals surface area contributed by atoms with E-state index < -0.39 is 0 Å². The number of aliphatic hydroxyl groups excluding tert-OH is 1. The number of aromatic nitrogens is 1. The maximum atomic E-state index is 9.28. The lowest BCUT2D eigenvalue weighted by Gasteiger charge is -2.16. The van der Waals surface area contributed by atoms with Crippen molar-refractivity contribution in [3.63, 3.8) is 0 Å². The van der Waals surface area contributed by atoms with E-state index >= 15 is 0 Å². The summed E-state index contributed by atoms with van der Waals surface area (Å²) in [6, 6.07) is 3.70. The number of nitrogens with one attached hydrogen (secondary N) is 1. The van der Waals surface area contributed by atoms with E-state index in [0.717, 1.165) is 0 Å². The monoisotopic (exact) mass is 239 g/mol. The third kappa shape index (κ3) is 4.48. The molecule has 4 N–H and O–H groups in total. The van der Waals surface area contributed by atoms with Crippen molar-refractivity contribution >= 4 is 11.5 Å². The fraction of sp³-hybridized carbons (Fsp3) is 0.583. The molecule has 0 bridgehead atoms. The molecule has 17 heavy (non-hydrogen) atoms. The molecule has 0 fully saturated rings. The van der Waals surface area contributed by atoms with Crippen LogP contribution in [-0.2, 0) is 0 Å². The number of pyridine rings is 1. The summed E-state index contributed by atoms with van der Waals surface area (Å²) < 4.78 is 5.31. The minimum Gasteiger partial charge on any atom is -0.476 e. The number of hydrogen-bond acceptors (Lipinski definition) is 5. The Labute approximate surface area is 102 Å². The molecular weight excluding hydrogens is 218 g/mol. The van der Waals surface area contributed by atoms with Gasteiger partial charge in [0, 0.05) is 6.04 Å². The first-order chi connectivity index (χ1) is 8.02. The van der Waals surface area contributed by atoms with E-state index in [4.69, 9.17) is 10.5 Å². The van der Waals surface area contributed by atoms with Gasteiger partial charge in [-0.2, -0.15) is 4.98 Å². The first kappa shape index (κ1) is 13.6. The summed E-state index contributed by atoms with van der Waals surface area (Å²) in [5, 5.41) is 12.5. The van der Waals surface area contributed by atoms with Gasteiger partial charge in [0.05, 0.1) is 18.4 Å². The van der Waals surface area contributed by atoms with Crippen molar-refractivity contribution < 1.29 is 9.84 Å². The molecule has 1 aromatic heterocycles. The second-order valence-electron chi connectivity index (χ2n) is 4.15. The van der Waals surface area contributed by atoms with Gasteiger partial charge < -0.3 is 20.9 Å². The van der Waals surface area contributed by atoms with Gasteiger partial charge in [-0.25, -0.2) is 0 Å². The van der Waals surface area contributed by atoms with E-state index in [1.807, 2.05) is 13.8 Å². The van der Waals surface area contributed by atoms with Crippen molar-refractivity contribution in [3.05, 3.63) is 12.1 Å². The Morgan fingerprint density at radius 2 is 2.18 bits per heavy atom. The molecule has 0 saturated carbocycles. The van der Waals surface area contributed by atoms with E-state index in [9.17, 15) is 5.11 Å². The van der Waals surface area contributed by atoms with E-state index in [1.54, 1.807) is 19.1 Å². The zero-order valence-corrected chi connectivity index (χ0v) is 10.6. The van der Waals surface area contributed by atoms with Crippen LogP contribution in [0.15, 0.2) is 12.1 Å². The van der Waals surface area contributed by atoms with Gasteiger partial charge in [0.2, 0.25) is 5.88 Å². The molecule has 1 heterocycles. The molecule has 2 unspecified atom stereocenters. The fourth-order valence-electron chi connectivity index (χ4n) is 1.61. The Bertz CT molecular complexity index is 356. The van der Waals surface area contributed by atoms with Crippen molar-refractivity contribution in [3.8, 4) is 5.88 Å². The van der Waals surface area contributed by atoms with Crippen LogP contribution >= 0.6 is 0 Å². The van der Waals surface area contributed by atoms with Gasteiger partial charge >= 0.3 is 0 Å². The molecular formula is C12H21N3O2. The SMILES string of the molecule is CCOc1nc(NC(C)CC(C)O)ccc1N. The van der Waals surface area contributed by atoms with Crippen LogP contribution in [0.1, 0.15) is 27.2 Å². The molecule has 0 saturated heterocycles. The standard InChI is InChI=1S/C12H21N3O2/c1-4-17-12-10(13)5-6-11(15-12)14-8(2)7-9(3)16/h5-6,8-9,16H,4,7,13H2,1-3H3,(H,14,15). The minimum absolute atomic E-state index is 0.139. The predicted octanol–water partition coefficient (Wildman–Crippen LogP) is 1.63. The average molecular weight is 239 g/mol. The lowest BCUT2D eigenvalue weighted by molar-refractivity contribution is 0.179. The molecule has 0 radical (unpaired) electrons. The maximum Gasteiger partial charge on any atom is 0.239 e. The maximum absolute atomic E-state index is 9.28. The number of nitrogens with two attached hydrogens (primary N) is 1. The minimum atomic E-state index is -0.336. The van der Waals surface area contributed by atoms with Gasteiger partial charge in [0.1, 0.15) is 5.82 Å². The lowest BCUT2D eigenvalue weighted by Crippen LogP contribution is -2.21. The van der Waals surface area contributed by atoms with Gasteiger partial charge in [-0.1, -0.05) is 0 Å². The van der Waals surface area contributed by atoms with Gasteiger partial charge in [-0.05, 0) is 39.3 Å². The van der Waals surface area contributed by atoms with Crippen LogP contribution in [0.5, 0.6) is 5.88 Å². The molecule has 96 valence electrons. The summed E-state index contributed by atoms with van der Waals surface area (Å²) in [5.74, 6) is 1.15. The van der Waals surface area contributed by atoms with Crippen LogP contribution in [0.3, 0.4) is 0 Å². The van der Waals surface area contributed by atoms with Crippen molar-refractivity contribution in [1.29, 1.82) is 0 Å². The second-order valence-corrected chi connectivity index (χ2v) is 4.15. The van der Waals surface area contributed by atoms with E-state index in [0.29, 0.717) is 30.4 Å². The Kier molecular flexibility index (Phi) is 5.03.